The predicted molar refractivity (Wildman–Crippen MR) is 116 cm³/mol. The van der Waals surface area contributed by atoms with Gasteiger partial charge in [-0.15, -0.1) is 11.3 Å². The van der Waals surface area contributed by atoms with Crippen LogP contribution >= 0.6 is 11.3 Å². The lowest BCUT2D eigenvalue weighted by Gasteiger charge is -2.16. The van der Waals surface area contributed by atoms with Gasteiger partial charge < -0.3 is 15.0 Å². The average molecular weight is 463 g/mol. The fraction of sp³-hybridized carbons (Fsp3) is 0.227. The van der Waals surface area contributed by atoms with Crippen molar-refractivity contribution in [2.24, 2.45) is 0 Å². The number of ether oxygens (including phenoxy) is 1. The summed E-state index contributed by atoms with van der Waals surface area (Å²) in [5.74, 6) is -0.207. The SMILES string of the molecule is COc1cccc(NC(=O)CN(C)C(=O)c2sc(-c3ccc(C(F)(F)F)cc3)nc2C)c1. The van der Waals surface area contributed by atoms with E-state index in [-0.39, 0.29) is 12.5 Å². The van der Waals surface area contributed by atoms with Crippen LogP contribution in [0.1, 0.15) is 20.9 Å². The molecule has 10 heteroatoms. The average Bonchev–Trinajstić information content (AvgIpc) is 3.14. The summed E-state index contributed by atoms with van der Waals surface area (Å²) in [6.07, 6.45) is -4.42. The van der Waals surface area contributed by atoms with Crippen molar-refractivity contribution in [1.29, 1.82) is 0 Å². The maximum Gasteiger partial charge on any atom is 0.416 e. The highest BCUT2D eigenvalue weighted by Crippen LogP contribution is 2.33. The fourth-order valence-corrected chi connectivity index (χ4v) is 3.95. The van der Waals surface area contributed by atoms with Gasteiger partial charge in [0.25, 0.3) is 5.91 Å². The molecule has 0 aliphatic carbocycles. The van der Waals surface area contributed by atoms with Gasteiger partial charge in [-0.25, -0.2) is 4.98 Å². The third-order valence-electron chi connectivity index (χ3n) is 4.53. The van der Waals surface area contributed by atoms with E-state index >= 15 is 0 Å². The zero-order valence-electron chi connectivity index (χ0n) is 17.5. The molecule has 0 aliphatic rings. The zero-order valence-corrected chi connectivity index (χ0v) is 18.3. The van der Waals surface area contributed by atoms with Crippen molar-refractivity contribution in [1.82, 2.24) is 9.88 Å². The van der Waals surface area contributed by atoms with Gasteiger partial charge in [0.15, 0.2) is 0 Å². The van der Waals surface area contributed by atoms with Crippen LogP contribution in [0.25, 0.3) is 10.6 Å². The number of amides is 2. The molecule has 1 aromatic heterocycles. The Morgan fingerprint density at radius 2 is 1.84 bits per heavy atom. The maximum atomic E-state index is 12.8. The number of benzene rings is 2. The summed E-state index contributed by atoms with van der Waals surface area (Å²) in [5, 5.41) is 3.12. The minimum absolute atomic E-state index is 0.191. The molecule has 2 aromatic carbocycles. The van der Waals surface area contributed by atoms with E-state index < -0.39 is 17.6 Å². The molecular formula is C22H20F3N3O3S. The van der Waals surface area contributed by atoms with Gasteiger partial charge in [0.1, 0.15) is 15.6 Å². The van der Waals surface area contributed by atoms with E-state index in [4.69, 9.17) is 4.74 Å². The quantitative estimate of drug-likeness (QED) is 0.567. The Morgan fingerprint density at radius 3 is 2.47 bits per heavy atom. The number of methoxy groups -OCH3 is 1. The number of nitrogens with zero attached hydrogens (tertiary/aromatic N) is 2. The van der Waals surface area contributed by atoms with Gasteiger partial charge in [-0.1, -0.05) is 18.2 Å². The first-order valence-electron chi connectivity index (χ1n) is 9.43. The molecule has 0 saturated heterocycles. The Hall–Kier alpha value is -3.40. The third-order valence-corrected chi connectivity index (χ3v) is 5.73. The van der Waals surface area contributed by atoms with Crippen molar-refractivity contribution in [3.8, 4) is 16.3 Å². The summed E-state index contributed by atoms with van der Waals surface area (Å²) in [5.41, 5.74) is 0.694. The monoisotopic (exact) mass is 463 g/mol. The molecular weight excluding hydrogens is 443 g/mol. The van der Waals surface area contributed by atoms with Crippen molar-refractivity contribution < 1.29 is 27.5 Å². The number of aryl methyl sites for hydroxylation is 1. The van der Waals surface area contributed by atoms with E-state index in [1.165, 1.54) is 31.2 Å². The fourth-order valence-electron chi connectivity index (χ4n) is 2.88. The molecule has 6 nitrogen and oxygen atoms in total. The number of carbonyl (C=O) groups excluding carboxylic acids is 2. The molecule has 0 unspecified atom stereocenters. The highest BCUT2D eigenvalue weighted by molar-refractivity contribution is 7.17. The Labute approximate surface area is 186 Å². The van der Waals surface area contributed by atoms with Crippen molar-refractivity contribution in [2.45, 2.75) is 13.1 Å². The molecule has 3 rings (SSSR count). The van der Waals surface area contributed by atoms with Crippen molar-refractivity contribution in [3.05, 3.63) is 64.7 Å². The number of likely N-dealkylation sites (N-methyl/N-ethyl adjacent to an activating group) is 1. The summed E-state index contributed by atoms with van der Waals surface area (Å²) >= 11 is 1.07. The van der Waals surface area contributed by atoms with Crippen LogP contribution in [0.3, 0.4) is 0 Å². The highest BCUT2D eigenvalue weighted by atomic mass is 32.1. The molecule has 1 heterocycles. The van der Waals surface area contributed by atoms with Crippen molar-refractivity contribution in [3.63, 3.8) is 0 Å². The molecule has 3 aromatic rings. The molecule has 0 fully saturated rings. The molecule has 0 aliphatic heterocycles. The number of halogens is 3. The standard InChI is InChI=1S/C22H20F3N3O3S/c1-13-19(32-20(26-13)14-7-9-15(10-8-14)22(23,24)25)21(30)28(2)12-18(29)27-16-5-4-6-17(11-16)31-3/h4-11H,12H2,1-3H3,(H,27,29). The molecule has 0 bridgehead atoms. The Kier molecular flexibility index (Phi) is 6.83. The molecule has 0 radical (unpaired) electrons. The number of carbonyl (C=O) groups is 2. The second-order valence-corrected chi connectivity index (χ2v) is 7.95. The van der Waals surface area contributed by atoms with Gasteiger partial charge in [0.2, 0.25) is 5.91 Å². The van der Waals surface area contributed by atoms with Crippen molar-refractivity contribution >= 4 is 28.8 Å². The smallest absolute Gasteiger partial charge is 0.416 e. The first kappa shape index (κ1) is 23.3. The topological polar surface area (TPSA) is 71.5 Å². The number of anilines is 1. The van der Waals surface area contributed by atoms with Gasteiger partial charge >= 0.3 is 6.18 Å². The summed E-state index contributed by atoms with van der Waals surface area (Å²) in [6, 6.07) is 11.4. The zero-order chi connectivity index (χ0) is 23.5. The Balaban J connectivity index is 1.69. The number of hydrogen-bond acceptors (Lipinski definition) is 5. The molecule has 2 amide bonds. The van der Waals surface area contributed by atoms with Crippen LogP contribution in [0.15, 0.2) is 48.5 Å². The van der Waals surface area contributed by atoms with Crippen LogP contribution in [0.5, 0.6) is 5.75 Å². The van der Waals surface area contributed by atoms with Crippen LogP contribution in [0.4, 0.5) is 18.9 Å². The highest BCUT2D eigenvalue weighted by Gasteiger charge is 2.30. The largest absolute Gasteiger partial charge is 0.497 e. The second kappa shape index (κ2) is 9.39. The lowest BCUT2D eigenvalue weighted by molar-refractivity contribution is -0.137. The second-order valence-electron chi connectivity index (χ2n) is 6.95. The predicted octanol–water partition coefficient (Wildman–Crippen LogP) is 4.86. The van der Waals surface area contributed by atoms with E-state index in [2.05, 4.69) is 10.3 Å². The number of hydrogen-bond donors (Lipinski definition) is 1. The maximum absolute atomic E-state index is 12.8. The number of aromatic nitrogens is 1. The van der Waals surface area contributed by atoms with Crippen LogP contribution in [0.2, 0.25) is 0 Å². The minimum Gasteiger partial charge on any atom is -0.497 e. The normalized spacial score (nSPS) is 11.2. The number of rotatable bonds is 6. The first-order valence-corrected chi connectivity index (χ1v) is 10.2. The van der Waals surface area contributed by atoms with Gasteiger partial charge in [0, 0.05) is 24.4 Å². The van der Waals surface area contributed by atoms with Crippen LogP contribution in [-0.4, -0.2) is 42.4 Å². The summed E-state index contributed by atoms with van der Waals surface area (Å²) < 4.78 is 43.4. The van der Waals surface area contributed by atoms with Gasteiger partial charge in [0.05, 0.1) is 24.9 Å². The first-order chi connectivity index (χ1) is 15.1. The van der Waals surface area contributed by atoms with Gasteiger partial charge in [-0.2, -0.15) is 13.2 Å². The van der Waals surface area contributed by atoms with E-state index in [0.29, 0.717) is 32.6 Å². The molecule has 0 atom stereocenters. The number of thiazole rings is 1. The van der Waals surface area contributed by atoms with Gasteiger partial charge in [-0.05, 0) is 31.2 Å². The Bertz CT molecular complexity index is 1130. The van der Waals surface area contributed by atoms with Gasteiger partial charge in [-0.3, -0.25) is 9.59 Å². The lowest BCUT2D eigenvalue weighted by Crippen LogP contribution is -2.34. The molecule has 168 valence electrons. The van der Waals surface area contributed by atoms with E-state index in [0.717, 1.165) is 23.5 Å². The lowest BCUT2D eigenvalue weighted by atomic mass is 10.1. The van der Waals surface area contributed by atoms with E-state index in [1.807, 2.05) is 0 Å². The number of nitrogens with one attached hydrogen (secondary N) is 1. The van der Waals surface area contributed by atoms with Crippen LogP contribution in [-0.2, 0) is 11.0 Å². The van der Waals surface area contributed by atoms with Crippen LogP contribution < -0.4 is 10.1 Å². The minimum atomic E-state index is -4.42. The molecule has 1 N–H and O–H groups in total. The van der Waals surface area contributed by atoms with E-state index in [9.17, 15) is 22.8 Å². The molecule has 32 heavy (non-hydrogen) atoms. The Morgan fingerprint density at radius 1 is 1.16 bits per heavy atom. The summed E-state index contributed by atoms with van der Waals surface area (Å²) in [6.45, 7) is 1.45. The number of alkyl halides is 3. The third kappa shape index (κ3) is 5.44. The molecule has 0 saturated carbocycles. The summed E-state index contributed by atoms with van der Waals surface area (Å²) in [4.78, 5) is 31.1. The molecule has 0 spiro atoms. The van der Waals surface area contributed by atoms with Crippen LogP contribution in [0, 0.1) is 6.92 Å². The summed E-state index contributed by atoms with van der Waals surface area (Å²) in [7, 11) is 3.01. The van der Waals surface area contributed by atoms with E-state index in [1.54, 1.807) is 31.2 Å². The van der Waals surface area contributed by atoms with Crippen molar-refractivity contribution in [2.75, 3.05) is 26.0 Å².